The molecular formula is C20H32N2O4. The lowest BCUT2D eigenvalue weighted by Crippen LogP contribution is -2.41. The minimum absolute atomic E-state index is 0.0976. The second-order valence-electron chi connectivity index (χ2n) is 8.72. The van der Waals surface area contributed by atoms with E-state index in [0.717, 1.165) is 38.6 Å². The average molecular weight is 364 g/mol. The zero-order chi connectivity index (χ0) is 18.3. The Labute approximate surface area is 156 Å². The average Bonchev–Trinajstić information content (AvgIpc) is 3.09. The fourth-order valence-electron chi connectivity index (χ4n) is 5.62. The molecule has 2 saturated heterocycles. The maximum absolute atomic E-state index is 12.1. The molecule has 0 aromatic carbocycles. The van der Waals surface area contributed by atoms with Crippen molar-refractivity contribution in [1.82, 2.24) is 9.80 Å². The molecule has 6 atom stereocenters. The van der Waals surface area contributed by atoms with Gasteiger partial charge in [-0.05, 0) is 56.8 Å². The van der Waals surface area contributed by atoms with Crippen molar-refractivity contribution in [2.45, 2.75) is 89.0 Å². The Hall–Kier alpha value is -1.46. The summed E-state index contributed by atoms with van der Waals surface area (Å²) in [5.41, 5.74) is 0. The van der Waals surface area contributed by atoms with Gasteiger partial charge in [0, 0.05) is 13.6 Å². The molecule has 4 rings (SSSR count). The second-order valence-corrected chi connectivity index (χ2v) is 8.72. The van der Waals surface area contributed by atoms with E-state index in [-0.39, 0.29) is 30.4 Å². The van der Waals surface area contributed by atoms with Crippen LogP contribution in [0.1, 0.15) is 64.7 Å². The van der Waals surface area contributed by atoms with Crippen LogP contribution in [-0.4, -0.2) is 59.9 Å². The number of nitrogens with zero attached hydrogens (tertiary/aromatic N) is 2. The summed E-state index contributed by atoms with van der Waals surface area (Å²) in [5, 5.41) is 0. The van der Waals surface area contributed by atoms with Gasteiger partial charge in [0.05, 0.1) is 12.1 Å². The monoisotopic (exact) mass is 364 g/mol. The molecular weight excluding hydrogens is 332 g/mol. The maximum atomic E-state index is 12.1. The van der Waals surface area contributed by atoms with E-state index in [9.17, 15) is 9.59 Å². The Morgan fingerprint density at radius 2 is 1.46 bits per heavy atom. The Kier molecular flexibility index (Phi) is 5.02. The number of carbonyl (C=O) groups excluding carboxylic acids is 2. The van der Waals surface area contributed by atoms with Crippen LogP contribution >= 0.6 is 0 Å². The normalized spacial score (nSPS) is 39.5. The first kappa shape index (κ1) is 17.9. The third-order valence-electron chi connectivity index (χ3n) is 7.10. The standard InChI is InChI=1S/C20H32N2O4/c1-3-10-22-16-9-7-14(12-18(16)26-20(22)24)5-4-13-6-8-15-17(11-13)25-19(23)21(15)2/h13-18H,3-12H2,1-2H3. The number of fused-ring (bicyclic) bond motifs is 2. The van der Waals surface area contributed by atoms with Crippen LogP contribution in [-0.2, 0) is 9.47 Å². The summed E-state index contributed by atoms with van der Waals surface area (Å²) in [6.45, 7) is 2.93. The van der Waals surface area contributed by atoms with Gasteiger partial charge in [-0.2, -0.15) is 0 Å². The summed E-state index contributed by atoms with van der Waals surface area (Å²) in [7, 11) is 1.86. The number of ether oxygens (including phenoxy) is 2. The first-order valence-electron chi connectivity index (χ1n) is 10.5. The molecule has 0 radical (unpaired) electrons. The second kappa shape index (κ2) is 7.28. The topological polar surface area (TPSA) is 59.1 Å². The van der Waals surface area contributed by atoms with Gasteiger partial charge in [-0.15, -0.1) is 0 Å². The molecule has 0 aromatic heterocycles. The smallest absolute Gasteiger partial charge is 0.410 e. The highest BCUT2D eigenvalue weighted by Crippen LogP contribution is 2.40. The predicted octanol–water partition coefficient (Wildman–Crippen LogP) is 3.79. The van der Waals surface area contributed by atoms with E-state index >= 15 is 0 Å². The van der Waals surface area contributed by atoms with Crippen molar-refractivity contribution in [2.75, 3.05) is 13.6 Å². The van der Waals surface area contributed by atoms with E-state index in [4.69, 9.17) is 9.47 Å². The summed E-state index contributed by atoms with van der Waals surface area (Å²) in [5.74, 6) is 1.33. The highest BCUT2D eigenvalue weighted by molar-refractivity contribution is 5.71. The van der Waals surface area contributed by atoms with E-state index in [1.54, 1.807) is 4.90 Å². The first-order valence-corrected chi connectivity index (χ1v) is 10.5. The van der Waals surface area contributed by atoms with Crippen molar-refractivity contribution < 1.29 is 19.1 Å². The van der Waals surface area contributed by atoms with Gasteiger partial charge < -0.3 is 19.3 Å². The van der Waals surface area contributed by atoms with Crippen molar-refractivity contribution in [3.8, 4) is 0 Å². The molecule has 2 heterocycles. The van der Waals surface area contributed by atoms with E-state index in [2.05, 4.69) is 6.92 Å². The maximum Gasteiger partial charge on any atom is 0.410 e. The minimum Gasteiger partial charge on any atom is -0.444 e. The van der Waals surface area contributed by atoms with Crippen LogP contribution in [0.3, 0.4) is 0 Å². The highest BCUT2D eigenvalue weighted by atomic mass is 16.6. The molecule has 6 nitrogen and oxygen atoms in total. The third kappa shape index (κ3) is 3.27. The number of amides is 2. The third-order valence-corrected chi connectivity index (χ3v) is 7.10. The van der Waals surface area contributed by atoms with Crippen LogP contribution in [0.25, 0.3) is 0 Å². The molecule has 6 unspecified atom stereocenters. The zero-order valence-corrected chi connectivity index (χ0v) is 16.1. The van der Waals surface area contributed by atoms with E-state index < -0.39 is 0 Å². The van der Waals surface area contributed by atoms with Gasteiger partial charge in [-0.3, -0.25) is 0 Å². The van der Waals surface area contributed by atoms with Crippen LogP contribution in [0.5, 0.6) is 0 Å². The number of hydrogen-bond acceptors (Lipinski definition) is 4. The summed E-state index contributed by atoms with van der Waals surface area (Å²) >= 11 is 0. The molecule has 0 bridgehead atoms. The quantitative estimate of drug-likeness (QED) is 0.745. The Bertz CT molecular complexity index is 554. The molecule has 4 aliphatic rings. The van der Waals surface area contributed by atoms with Crippen molar-refractivity contribution in [1.29, 1.82) is 0 Å². The van der Waals surface area contributed by atoms with Crippen LogP contribution in [0.2, 0.25) is 0 Å². The molecule has 2 amide bonds. The molecule has 2 aliphatic carbocycles. The Morgan fingerprint density at radius 3 is 2.12 bits per heavy atom. The van der Waals surface area contributed by atoms with Gasteiger partial charge in [0.2, 0.25) is 0 Å². The minimum atomic E-state index is -0.154. The molecule has 0 spiro atoms. The number of carbonyl (C=O) groups is 2. The SMILES string of the molecule is CCCN1C(=O)OC2CC(CCC3CCC4C(C3)OC(=O)N4C)CCC21. The predicted molar refractivity (Wildman–Crippen MR) is 96.8 cm³/mol. The largest absolute Gasteiger partial charge is 0.444 e. The van der Waals surface area contributed by atoms with Crippen LogP contribution < -0.4 is 0 Å². The summed E-state index contributed by atoms with van der Waals surface area (Å²) < 4.78 is 11.2. The highest BCUT2D eigenvalue weighted by Gasteiger charge is 2.45. The zero-order valence-electron chi connectivity index (χ0n) is 16.1. The molecule has 26 heavy (non-hydrogen) atoms. The molecule has 146 valence electrons. The van der Waals surface area contributed by atoms with Crippen LogP contribution in [0.15, 0.2) is 0 Å². The van der Waals surface area contributed by atoms with Gasteiger partial charge in [0.15, 0.2) is 0 Å². The number of likely N-dealkylation sites (N-methyl/N-ethyl adjacent to an activating group) is 1. The van der Waals surface area contributed by atoms with Gasteiger partial charge in [-0.25, -0.2) is 9.59 Å². The van der Waals surface area contributed by atoms with Gasteiger partial charge >= 0.3 is 12.2 Å². The lowest BCUT2D eigenvalue weighted by atomic mass is 9.76. The van der Waals surface area contributed by atoms with Crippen molar-refractivity contribution in [3.63, 3.8) is 0 Å². The Balaban J connectivity index is 1.24. The molecule has 0 aromatic rings. The summed E-state index contributed by atoms with van der Waals surface area (Å²) in [6.07, 6.45) is 9.93. The van der Waals surface area contributed by atoms with E-state index in [1.807, 2.05) is 11.9 Å². The van der Waals surface area contributed by atoms with Gasteiger partial charge in [-0.1, -0.05) is 19.8 Å². The lowest BCUT2D eigenvalue weighted by molar-refractivity contribution is 0.0753. The number of rotatable bonds is 5. The summed E-state index contributed by atoms with van der Waals surface area (Å²) in [6, 6.07) is 0.596. The molecule has 4 fully saturated rings. The van der Waals surface area contributed by atoms with Crippen LogP contribution in [0, 0.1) is 11.8 Å². The van der Waals surface area contributed by atoms with Gasteiger partial charge in [0.1, 0.15) is 12.2 Å². The molecule has 6 heteroatoms. The van der Waals surface area contributed by atoms with Crippen molar-refractivity contribution in [2.24, 2.45) is 11.8 Å². The molecule has 2 saturated carbocycles. The van der Waals surface area contributed by atoms with Crippen LogP contribution in [0.4, 0.5) is 9.59 Å². The van der Waals surface area contributed by atoms with Crippen molar-refractivity contribution in [3.05, 3.63) is 0 Å². The van der Waals surface area contributed by atoms with Crippen molar-refractivity contribution >= 4 is 12.2 Å². The fourth-order valence-corrected chi connectivity index (χ4v) is 5.62. The van der Waals surface area contributed by atoms with E-state index in [0.29, 0.717) is 17.9 Å². The van der Waals surface area contributed by atoms with Gasteiger partial charge in [0.25, 0.3) is 0 Å². The first-order chi connectivity index (χ1) is 12.6. The summed E-state index contributed by atoms with van der Waals surface area (Å²) in [4.78, 5) is 27.5. The molecule has 2 aliphatic heterocycles. The van der Waals surface area contributed by atoms with E-state index in [1.165, 1.54) is 25.7 Å². The fraction of sp³-hybridized carbons (Fsp3) is 0.900. The Morgan fingerprint density at radius 1 is 0.885 bits per heavy atom. The number of hydrogen-bond donors (Lipinski definition) is 0. The lowest BCUT2D eigenvalue weighted by Gasteiger charge is -2.35. The molecule has 0 N–H and O–H groups in total.